The predicted molar refractivity (Wildman–Crippen MR) is 125 cm³/mol. The van der Waals surface area contributed by atoms with Crippen LogP contribution >= 0.6 is 23.1 Å². The fraction of sp³-hybridized carbons (Fsp3) is 0.304. The number of anilines is 1. The minimum Gasteiger partial charge on any atom is -0.316 e. The average Bonchev–Trinajstić information content (AvgIpc) is 3.24. The van der Waals surface area contributed by atoms with E-state index in [0.717, 1.165) is 31.2 Å². The molecular weight excluding hydrogens is 445 g/mol. The van der Waals surface area contributed by atoms with Crippen molar-refractivity contribution < 1.29 is 9.18 Å². The van der Waals surface area contributed by atoms with Gasteiger partial charge in [-0.3, -0.25) is 9.36 Å². The maximum atomic E-state index is 14.3. The summed E-state index contributed by atoms with van der Waals surface area (Å²) in [6.45, 7) is 4.14. The number of benzene rings is 1. The van der Waals surface area contributed by atoms with Gasteiger partial charge in [-0.2, -0.15) is 5.26 Å². The maximum Gasteiger partial charge on any atom is 0.235 e. The molecule has 0 spiro atoms. The second kappa shape index (κ2) is 10.1. The van der Waals surface area contributed by atoms with E-state index in [1.807, 2.05) is 0 Å². The Morgan fingerprint density at radius 3 is 2.91 bits per heavy atom. The van der Waals surface area contributed by atoms with Gasteiger partial charge in [0.2, 0.25) is 5.91 Å². The third-order valence-electron chi connectivity index (χ3n) is 5.26. The lowest BCUT2D eigenvalue weighted by Crippen LogP contribution is -2.14. The van der Waals surface area contributed by atoms with E-state index in [4.69, 9.17) is 0 Å². The van der Waals surface area contributed by atoms with Crippen LogP contribution in [0.2, 0.25) is 0 Å². The topological polar surface area (TPSA) is 83.6 Å². The normalized spacial score (nSPS) is 13.1. The molecule has 0 unspecified atom stereocenters. The van der Waals surface area contributed by atoms with E-state index < -0.39 is 0 Å². The van der Waals surface area contributed by atoms with Crippen LogP contribution in [-0.2, 0) is 24.2 Å². The fourth-order valence-corrected chi connectivity index (χ4v) is 5.78. The van der Waals surface area contributed by atoms with Crippen molar-refractivity contribution >= 4 is 34.0 Å². The minimum atomic E-state index is -0.388. The highest BCUT2D eigenvalue weighted by atomic mass is 32.2. The minimum absolute atomic E-state index is 0.0972. The number of carbonyl (C=O) groups excluding carboxylic acids is 1. The first-order valence-electron chi connectivity index (χ1n) is 10.4. The summed E-state index contributed by atoms with van der Waals surface area (Å²) in [7, 11) is 0. The standard InChI is InChI=1S/C23H22FN5OS2/c1-2-12-29-21(16-9-6-7-10-18(16)24)27-28-23(29)31-14-20(30)26-22-17(13-25)15-8-4-3-5-11-19(15)32-22/h2,6-7,9-10H,1,3-5,8,11-12,14H2,(H,26,30). The molecule has 32 heavy (non-hydrogen) atoms. The van der Waals surface area contributed by atoms with Crippen molar-refractivity contribution in [2.75, 3.05) is 11.1 Å². The zero-order valence-electron chi connectivity index (χ0n) is 17.4. The molecule has 0 saturated carbocycles. The Hall–Kier alpha value is -2.96. The van der Waals surface area contributed by atoms with Gasteiger partial charge in [0.05, 0.1) is 16.9 Å². The van der Waals surface area contributed by atoms with Crippen LogP contribution in [0, 0.1) is 17.1 Å². The van der Waals surface area contributed by atoms with E-state index in [9.17, 15) is 14.4 Å². The summed E-state index contributed by atoms with van der Waals surface area (Å²) in [5.41, 5.74) is 2.04. The number of thiophene rings is 1. The molecule has 9 heteroatoms. The summed E-state index contributed by atoms with van der Waals surface area (Å²) in [5.74, 6) is -0.121. The van der Waals surface area contributed by atoms with Crippen molar-refractivity contribution in [2.45, 2.75) is 43.8 Å². The number of fused-ring (bicyclic) bond motifs is 1. The number of nitrogens with one attached hydrogen (secondary N) is 1. The van der Waals surface area contributed by atoms with Crippen molar-refractivity contribution in [1.29, 1.82) is 5.26 Å². The Labute approximate surface area is 194 Å². The smallest absolute Gasteiger partial charge is 0.235 e. The highest BCUT2D eigenvalue weighted by Crippen LogP contribution is 2.37. The monoisotopic (exact) mass is 467 g/mol. The van der Waals surface area contributed by atoms with Gasteiger partial charge in [-0.15, -0.1) is 28.1 Å². The van der Waals surface area contributed by atoms with Gasteiger partial charge in [-0.25, -0.2) is 4.39 Å². The number of aromatic nitrogens is 3. The molecule has 2 heterocycles. The van der Waals surface area contributed by atoms with E-state index >= 15 is 0 Å². The van der Waals surface area contributed by atoms with Crippen LogP contribution in [0.4, 0.5) is 9.39 Å². The quantitative estimate of drug-likeness (QED) is 0.293. The Balaban J connectivity index is 1.49. The molecule has 4 rings (SSSR count). The zero-order valence-corrected chi connectivity index (χ0v) is 19.1. The van der Waals surface area contributed by atoms with Gasteiger partial charge < -0.3 is 5.32 Å². The number of rotatable bonds is 7. The lowest BCUT2D eigenvalue weighted by molar-refractivity contribution is -0.113. The molecule has 1 aliphatic rings. The van der Waals surface area contributed by atoms with Crippen molar-refractivity contribution in [3.8, 4) is 17.5 Å². The Morgan fingerprint density at radius 2 is 2.12 bits per heavy atom. The number of hydrogen-bond donors (Lipinski definition) is 1. The van der Waals surface area contributed by atoms with Crippen molar-refractivity contribution in [3.63, 3.8) is 0 Å². The van der Waals surface area contributed by atoms with Crippen LogP contribution in [0.15, 0.2) is 42.1 Å². The number of amides is 1. The molecule has 6 nitrogen and oxygen atoms in total. The summed E-state index contributed by atoms with van der Waals surface area (Å²) in [6.07, 6.45) is 6.89. The van der Waals surface area contributed by atoms with Crippen LogP contribution in [0.3, 0.4) is 0 Å². The molecule has 1 amide bonds. The molecule has 0 bridgehead atoms. The Morgan fingerprint density at radius 1 is 1.31 bits per heavy atom. The second-order valence-corrected chi connectivity index (χ2v) is 9.45. The molecular formula is C23H22FN5OS2. The highest BCUT2D eigenvalue weighted by molar-refractivity contribution is 7.99. The summed E-state index contributed by atoms with van der Waals surface area (Å²) >= 11 is 2.73. The van der Waals surface area contributed by atoms with Gasteiger partial charge in [-0.1, -0.05) is 36.4 Å². The number of carbonyl (C=O) groups is 1. The first-order valence-corrected chi connectivity index (χ1v) is 12.2. The van der Waals surface area contributed by atoms with Gasteiger partial charge in [0.15, 0.2) is 11.0 Å². The van der Waals surface area contributed by atoms with E-state index in [-0.39, 0.29) is 17.5 Å². The third-order valence-corrected chi connectivity index (χ3v) is 7.44. The fourth-order valence-electron chi connectivity index (χ4n) is 3.77. The van der Waals surface area contributed by atoms with Crippen LogP contribution in [-0.4, -0.2) is 26.4 Å². The lowest BCUT2D eigenvalue weighted by Gasteiger charge is -2.08. The van der Waals surface area contributed by atoms with E-state index in [1.54, 1.807) is 28.8 Å². The van der Waals surface area contributed by atoms with E-state index in [2.05, 4.69) is 28.2 Å². The van der Waals surface area contributed by atoms with E-state index in [0.29, 0.717) is 33.7 Å². The second-order valence-electron chi connectivity index (χ2n) is 7.40. The molecule has 0 aliphatic heterocycles. The van der Waals surface area contributed by atoms with Gasteiger partial charge in [-0.05, 0) is 43.4 Å². The Kier molecular flexibility index (Phi) is 7.02. The van der Waals surface area contributed by atoms with Gasteiger partial charge in [0, 0.05) is 11.4 Å². The maximum absolute atomic E-state index is 14.3. The first-order chi connectivity index (χ1) is 15.6. The number of halogens is 1. The summed E-state index contributed by atoms with van der Waals surface area (Å²) in [4.78, 5) is 13.9. The Bertz CT molecular complexity index is 1190. The largest absolute Gasteiger partial charge is 0.316 e. The molecule has 1 aromatic carbocycles. The van der Waals surface area contributed by atoms with Gasteiger partial charge in [0.25, 0.3) is 0 Å². The molecule has 1 aliphatic carbocycles. The van der Waals surface area contributed by atoms with Gasteiger partial charge in [0.1, 0.15) is 16.9 Å². The molecule has 1 N–H and O–H groups in total. The summed E-state index contributed by atoms with van der Waals surface area (Å²) < 4.78 is 16.0. The highest BCUT2D eigenvalue weighted by Gasteiger charge is 2.22. The van der Waals surface area contributed by atoms with Crippen LogP contribution in [0.25, 0.3) is 11.4 Å². The molecule has 164 valence electrons. The van der Waals surface area contributed by atoms with E-state index in [1.165, 1.54) is 40.5 Å². The molecule has 0 fully saturated rings. The van der Waals surface area contributed by atoms with Crippen LogP contribution < -0.4 is 5.32 Å². The average molecular weight is 468 g/mol. The van der Waals surface area contributed by atoms with Gasteiger partial charge >= 0.3 is 0 Å². The first kappa shape index (κ1) is 22.2. The number of allylic oxidation sites excluding steroid dienone is 1. The number of thioether (sulfide) groups is 1. The zero-order chi connectivity index (χ0) is 22.5. The summed E-state index contributed by atoms with van der Waals surface area (Å²) in [6, 6.07) is 8.65. The molecule has 3 aromatic rings. The number of nitriles is 1. The number of nitrogens with zero attached hydrogens (tertiary/aromatic N) is 4. The van der Waals surface area contributed by atoms with Crippen molar-refractivity contribution in [2.24, 2.45) is 0 Å². The third kappa shape index (κ3) is 4.61. The summed E-state index contributed by atoms with van der Waals surface area (Å²) in [5, 5.41) is 22.0. The molecule has 0 radical (unpaired) electrons. The lowest BCUT2D eigenvalue weighted by atomic mass is 10.1. The van der Waals surface area contributed by atoms with Crippen molar-refractivity contribution in [3.05, 3.63) is 58.7 Å². The van der Waals surface area contributed by atoms with Crippen molar-refractivity contribution in [1.82, 2.24) is 14.8 Å². The number of hydrogen-bond acceptors (Lipinski definition) is 6. The van der Waals surface area contributed by atoms with Crippen LogP contribution in [0.5, 0.6) is 0 Å². The molecule has 0 atom stereocenters. The molecule has 2 aromatic heterocycles. The molecule has 0 saturated heterocycles. The van der Waals surface area contributed by atoms with Crippen LogP contribution in [0.1, 0.15) is 35.3 Å². The number of aryl methyl sites for hydroxylation is 1. The predicted octanol–water partition coefficient (Wildman–Crippen LogP) is 5.20. The SMILES string of the molecule is C=CCn1c(SCC(=O)Nc2sc3c(c2C#N)CCCCC3)nnc1-c1ccccc1F.